The highest BCUT2D eigenvalue weighted by atomic mass is 16.1. The van der Waals surface area contributed by atoms with Gasteiger partial charge in [0.15, 0.2) is 0 Å². The van der Waals surface area contributed by atoms with Crippen LogP contribution >= 0.6 is 0 Å². The van der Waals surface area contributed by atoms with Crippen molar-refractivity contribution in [2.45, 2.75) is 64.3 Å². The van der Waals surface area contributed by atoms with Crippen molar-refractivity contribution in [1.29, 1.82) is 0 Å². The van der Waals surface area contributed by atoms with Gasteiger partial charge in [-0.05, 0) is 50.4 Å². The van der Waals surface area contributed by atoms with Gasteiger partial charge in [0.1, 0.15) is 5.78 Å². The molecule has 20 heavy (non-hydrogen) atoms. The highest BCUT2D eigenvalue weighted by Gasteiger charge is 2.32. The highest BCUT2D eigenvalue weighted by Crippen LogP contribution is 2.31. The molecule has 1 saturated carbocycles. The number of rotatable bonds is 5. The van der Waals surface area contributed by atoms with Gasteiger partial charge in [0, 0.05) is 18.4 Å². The van der Waals surface area contributed by atoms with Crippen LogP contribution < -0.4 is 5.32 Å². The van der Waals surface area contributed by atoms with Gasteiger partial charge in [0.05, 0.1) is 0 Å². The molecule has 0 saturated heterocycles. The molecule has 2 heteroatoms. The fourth-order valence-electron chi connectivity index (χ4n) is 3.32. The molecule has 1 aromatic carbocycles. The first-order valence-electron chi connectivity index (χ1n) is 7.81. The number of hydrogen-bond donors (Lipinski definition) is 1. The lowest BCUT2D eigenvalue weighted by Crippen LogP contribution is -2.46. The van der Waals surface area contributed by atoms with E-state index in [2.05, 4.69) is 37.4 Å². The number of hydrogen-bond acceptors (Lipinski definition) is 2. The van der Waals surface area contributed by atoms with Crippen molar-refractivity contribution in [2.24, 2.45) is 0 Å². The van der Waals surface area contributed by atoms with Crippen molar-refractivity contribution in [3.05, 3.63) is 34.9 Å². The van der Waals surface area contributed by atoms with Crippen LogP contribution in [0.1, 0.15) is 55.2 Å². The molecule has 0 heterocycles. The summed E-state index contributed by atoms with van der Waals surface area (Å²) in [5.41, 5.74) is 3.78. The maximum atomic E-state index is 12.4. The molecule has 2 rings (SSSR count). The molecule has 2 nitrogen and oxygen atoms in total. The Bertz CT molecular complexity index is 472. The number of carbonyl (C=O) groups excluding carboxylic acids is 1. The summed E-state index contributed by atoms with van der Waals surface area (Å²) in [5, 5.41) is 3.43. The molecule has 1 N–H and O–H groups in total. The summed E-state index contributed by atoms with van der Waals surface area (Å²) in [6, 6.07) is 6.36. The van der Waals surface area contributed by atoms with Crippen LogP contribution in [0.4, 0.5) is 0 Å². The molecule has 1 aliphatic carbocycles. The van der Waals surface area contributed by atoms with Crippen LogP contribution in [0.3, 0.4) is 0 Å². The van der Waals surface area contributed by atoms with E-state index < -0.39 is 0 Å². The van der Waals surface area contributed by atoms with E-state index in [1.54, 1.807) is 0 Å². The molecule has 110 valence electrons. The summed E-state index contributed by atoms with van der Waals surface area (Å²) in [4.78, 5) is 12.4. The second-order valence-corrected chi connectivity index (χ2v) is 6.40. The summed E-state index contributed by atoms with van der Waals surface area (Å²) in [5.74, 6) is 0.365. The molecule has 0 unspecified atom stereocenters. The van der Waals surface area contributed by atoms with Gasteiger partial charge in [-0.1, -0.05) is 37.5 Å². The molecule has 1 aromatic rings. The third-order valence-corrected chi connectivity index (χ3v) is 4.85. The molecule has 0 aromatic heterocycles. The standard InChI is InChI=1S/C18H27NO/c1-14-7-8-16(11-15(14)2)12-17(20)13-18(19-3)9-5-4-6-10-18/h7-8,11,19H,4-6,9-10,12-13H2,1-3H3. The quantitative estimate of drug-likeness (QED) is 0.885. The van der Waals surface area contributed by atoms with Gasteiger partial charge in [-0.15, -0.1) is 0 Å². The summed E-state index contributed by atoms with van der Waals surface area (Å²) in [6.45, 7) is 4.22. The third-order valence-electron chi connectivity index (χ3n) is 4.85. The normalized spacial score (nSPS) is 17.9. The van der Waals surface area contributed by atoms with Gasteiger partial charge in [0.2, 0.25) is 0 Å². The number of ketones is 1. The second-order valence-electron chi connectivity index (χ2n) is 6.40. The Hall–Kier alpha value is -1.15. The summed E-state index contributed by atoms with van der Waals surface area (Å²) < 4.78 is 0. The zero-order valence-corrected chi connectivity index (χ0v) is 13.1. The first-order chi connectivity index (χ1) is 9.54. The molecular formula is C18H27NO. The second kappa shape index (κ2) is 6.53. The van der Waals surface area contributed by atoms with Crippen LogP contribution in [-0.4, -0.2) is 18.4 Å². The maximum absolute atomic E-state index is 12.4. The average Bonchev–Trinajstić information content (AvgIpc) is 2.44. The Balaban J connectivity index is 1.98. The van der Waals surface area contributed by atoms with Gasteiger partial charge < -0.3 is 5.32 Å². The minimum atomic E-state index is 0.0646. The largest absolute Gasteiger partial charge is 0.314 e. The topological polar surface area (TPSA) is 29.1 Å². The van der Waals surface area contributed by atoms with Crippen LogP contribution in [0.5, 0.6) is 0 Å². The van der Waals surface area contributed by atoms with E-state index in [-0.39, 0.29) is 5.54 Å². The van der Waals surface area contributed by atoms with E-state index in [0.29, 0.717) is 18.6 Å². The number of aryl methyl sites for hydroxylation is 2. The summed E-state index contributed by atoms with van der Waals surface area (Å²) in [6.07, 6.45) is 7.34. The van der Waals surface area contributed by atoms with Crippen molar-refractivity contribution in [3.8, 4) is 0 Å². The molecule has 0 aliphatic heterocycles. The van der Waals surface area contributed by atoms with Gasteiger partial charge >= 0.3 is 0 Å². The Kier molecular flexibility index (Phi) is 4.98. The van der Waals surface area contributed by atoms with E-state index in [9.17, 15) is 4.79 Å². The van der Waals surface area contributed by atoms with Crippen molar-refractivity contribution < 1.29 is 4.79 Å². The van der Waals surface area contributed by atoms with Crippen molar-refractivity contribution in [3.63, 3.8) is 0 Å². The van der Waals surface area contributed by atoms with Crippen molar-refractivity contribution in [1.82, 2.24) is 5.32 Å². The fourth-order valence-corrected chi connectivity index (χ4v) is 3.32. The Labute approximate surface area is 123 Å². The van der Waals surface area contributed by atoms with Gasteiger partial charge in [-0.25, -0.2) is 0 Å². The number of Topliss-reactive ketones (excluding diaryl/α,β-unsaturated/α-hetero) is 1. The van der Waals surface area contributed by atoms with Crippen LogP contribution in [0.15, 0.2) is 18.2 Å². The predicted octanol–water partition coefficient (Wildman–Crippen LogP) is 3.73. The van der Waals surface area contributed by atoms with Gasteiger partial charge in [0.25, 0.3) is 0 Å². The van der Waals surface area contributed by atoms with Gasteiger partial charge in [-0.3, -0.25) is 4.79 Å². The zero-order chi connectivity index (χ0) is 14.6. The number of carbonyl (C=O) groups is 1. The summed E-state index contributed by atoms with van der Waals surface area (Å²) in [7, 11) is 2.01. The SMILES string of the molecule is CNC1(CC(=O)Cc2ccc(C)c(C)c2)CCCCC1. The van der Waals surface area contributed by atoms with Crippen LogP contribution in [0, 0.1) is 13.8 Å². The van der Waals surface area contributed by atoms with Crippen LogP contribution in [0.25, 0.3) is 0 Å². The number of nitrogens with one attached hydrogen (secondary N) is 1. The first-order valence-corrected chi connectivity index (χ1v) is 7.81. The zero-order valence-electron chi connectivity index (χ0n) is 13.1. The summed E-state index contributed by atoms with van der Waals surface area (Å²) >= 11 is 0. The average molecular weight is 273 g/mol. The van der Waals surface area contributed by atoms with Crippen molar-refractivity contribution in [2.75, 3.05) is 7.05 Å². The molecule has 0 radical (unpaired) electrons. The lowest BCUT2D eigenvalue weighted by atomic mass is 9.77. The minimum absolute atomic E-state index is 0.0646. The smallest absolute Gasteiger partial charge is 0.139 e. The molecule has 1 aliphatic rings. The molecular weight excluding hydrogens is 246 g/mol. The fraction of sp³-hybridized carbons (Fsp3) is 0.611. The number of benzene rings is 1. The molecule has 0 amide bonds. The van der Waals surface area contributed by atoms with Crippen LogP contribution in [0.2, 0.25) is 0 Å². The van der Waals surface area contributed by atoms with E-state index in [0.717, 1.165) is 18.4 Å². The third kappa shape index (κ3) is 3.69. The highest BCUT2D eigenvalue weighted by molar-refractivity contribution is 5.82. The molecule has 0 bridgehead atoms. The Morgan fingerprint density at radius 3 is 2.45 bits per heavy atom. The van der Waals surface area contributed by atoms with E-state index in [1.165, 1.54) is 30.4 Å². The Morgan fingerprint density at radius 2 is 1.85 bits per heavy atom. The lowest BCUT2D eigenvalue weighted by molar-refractivity contribution is -0.120. The molecule has 0 atom stereocenters. The monoisotopic (exact) mass is 273 g/mol. The van der Waals surface area contributed by atoms with E-state index >= 15 is 0 Å². The van der Waals surface area contributed by atoms with E-state index in [1.807, 2.05) is 7.05 Å². The Morgan fingerprint density at radius 1 is 1.15 bits per heavy atom. The van der Waals surface area contributed by atoms with Crippen molar-refractivity contribution >= 4 is 5.78 Å². The van der Waals surface area contributed by atoms with Crippen LogP contribution in [-0.2, 0) is 11.2 Å². The molecule has 1 fully saturated rings. The lowest BCUT2D eigenvalue weighted by Gasteiger charge is -2.36. The maximum Gasteiger partial charge on any atom is 0.139 e. The minimum Gasteiger partial charge on any atom is -0.314 e. The van der Waals surface area contributed by atoms with Gasteiger partial charge in [-0.2, -0.15) is 0 Å². The van der Waals surface area contributed by atoms with E-state index in [4.69, 9.17) is 0 Å². The predicted molar refractivity (Wildman–Crippen MR) is 84.1 cm³/mol. The molecule has 0 spiro atoms. The first kappa shape index (κ1) is 15.2.